The Morgan fingerprint density at radius 1 is 0.811 bits per heavy atom. The first kappa shape index (κ1) is 27.2. The van der Waals surface area contributed by atoms with Gasteiger partial charge >= 0.3 is 0 Å². The number of nitrogens with zero attached hydrogens (tertiary/aromatic N) is 6. The molecule has 2 aromatic carbocycles. The fourth-order valence-corrected chi connectivity index (χ4v) is 4.30. The molecule has 0 N–H and O–H groups in total. The topological polar surface area (TPSA) is 76.5 Å². The third-order valence-electron chi connectivity index (χ3n) is 6.20. The van der Waals surface area contributed by atoms with Crippen LogP contribution in [0, 0.1) is 12.3 Å². The molecule has 8 heteroatoms. The lowest BCUT2D eigenvalue weighted by molar-refractivity contribution is 0.356. The molecule has 1 aliphatic heterocycles. The summed E-state index contributed by atoms with van der Waals surface area (Å²) < 4.78 is 10.9. The Morgan fingerprint density at radius 3 is 2.05 bits per heavy atom. The monoisotopic (exact) mass is 498 g/mol. The number of ether oxygens (including phenoxy) is 2. The number of methoxy groups -OCH3 is 2. The van der Waals surface area contributed by atoms with Gasteiger partial charge in [-0.05, 0) is 29.3 Å². The van der Waals surface area contributed by atoms with Gasteiger partial charge in [0.2, 0.25) is 5.95 Å². The van der Waals surface area contributed by atoms with Gasteiger partial charge in [-0.25, -0.2) is 19.9 Å². The van der Waals surface area contributed by atoms with Crippen LogP contribution in [0.25, 0.3) is 10.9 Å². The molecule has 1 saturated heterocycles. The summed E-state index contributed by atoms with van der Waals surface area (Å²) in [6, 6.07) is 11.8. The van der Waals surface area contributed by atoms with Crippen molar-refractivity contribution >= 4 is 22.7 Å². The minimum Gasteiger partial charge on any atom is -0.493 e. The summed E-state index contributed by atoms with van der Waals surface area (Å²) in [6.45, 7) is 3.19. The highest BCUT2D eigenvalue weighted by molar-refractivity contribution is 5.92. The van der Waals surface area contributed by atoms with Gasteiger partial charge in [-0.15, -0.1) is 6.42 Å². The van der Waals surface area contributed by atoms with Crippen molar-refractivity contribution in [2.45, 2.75) is 21.3 Å². The van der Waals surface area contributed by atoms with E-state index in [9.17, 15) is 0 Å². The summed E-state index contributed by atoms with van der Waals surface area (Å²) >= 11 is 0. The third kappa shape index (κ3) is 5.72. The zero-order valence-corrected chi connectivity index (χ0v) is 19.8. The zero-order valence-electron chi connectivity index (χ0n) is 19.8. The Bertz CT molecular complexity index is 1360. The quantitative estimate of drug-likeness (QED) is 0.357. The van der Waals surface area contributed by atoms with Crippen LogP contribution in [0.3, 0.4) is 0 Å². The van der Waals surface area contributed by atoms with Crippen LogP contribution >= 0.6 is 0 Å². The Morgan fingerprint density at radius 2 is 1.43 bits per heavy atom. The molecule has 0 amide bonds. The van der Waals surface area contributed by atoms with Crippen LogP contribution in [0.2, 0.25) is 0 Å². The molecule has 0 unspecified atom stereocenters. The zero-order chi connectivity index (χ0) is 24.2. The van der Waals surface area contributed by atoms with Crippen LogP contribution in [0.4, 0.5) is 11.8 Å². The average Bonchev–Trinajstić information content (AvgIpc) is 2.93. The molecule has 4 aromatic rings. The number of anilines is 2. The summed E-state index contributed by atoms with van der Waals surface area (Å²) in [4.78, 5) is 22.7. The molecule has 0 atom stereocenters. The van der Waals surface area contributed by atoms with Crippen molar-refractivity contribution in [1.29, 1.82) is 0 Å². The van der Waals surface area contributed by atoms with E-state index in [-0.39, 0.29) is 14.9 Å². The number of aromatic nitrogens is 4. The summed E-state index contributed by atoms with van der Waals surface area (Å²) in [7, 11) is 3.25. The van der Waals surface area contributed by atoms with E-state index in [4.69, 9.17) is 15.9 Å². The molecule has 0 spiro atoms. The molecule has 0 saturated carbocycles. The van der Waals surface area contributed by atoms with E-state index in [0.29, 0.717) is 11.5 Å². The van der Waals surface area contributed by atoms with Crippen molar-refractivity contribution in [1.82, 2.24) is 19.9 Å². The van der Waals surface area contributed by atoms with E-state index in [1.165, 1.54) is 5.56 Å². The highest BCUT2D eigenvalue weighted by Gasteiger charge is 2.22. The second-order valence-electron chi connectivity index (χ2n) is 8.31. The van der Waals surface area contributed by atoms with Gasteiger partial charge in [0.15, 0.2) is 11.5 Å². The molecule has 2 aromatic heterocycles. The van der Waals surface area contributed by atoms with E-state index in [1.807, 2.05) is 48.8 Å². The number of terminal acetylenes is 1. The fourth-order valence-electron chi connectivity index (χ4n) is 4.30. The fraction of sp³-hybridized carbons (Fsp3) is 0.310. The normalized spacial score (nSPS) is 12.8. The Balaban J connectivity index is 0.00000190. The van der Waals surface area contributed by atoms with Gasteiger partial charge < -0.3 is 19.3 Å². The van der Waals surface area contributed by atoms with E-state index >= 15 is 0 Å². The molecule has 0 aliphatic carbocycles. The Labute approximate surface area is 219 Å². The van der Waals surface area contributed by atoms with Gasteiger partial charge in [0, 0.05) is 62.0 Å². The standard InChI is InChI=1S/C27H26N6O2.2CH4/c1-4-19-5-7-20(8-6-19)13-21-16-28-27(29-17-21)33-11-9-32(10-12-33)26-22-14-24(34-2)25(35-3)15-23(22)30-18-31-26;;/h1,5-8,14-18H,9-13H2,2-3H3;2*1H4. The molecule has 192 valence electrons. The molecule has 8 nitrogen and oxygen atoms in total. The lowest BCUT2D eigenvalue weighted by atomic mass is 10.1. The first-order valence-electron chi connectivity index (χ1n) is 11.4. The molecule has 0 radical (unpaired) electrons. The maximum Gasteiger partial charge on any atom is 0.225 e. The minimum absolute atomic E-state index is 0. The van der Waals surface area contributed by atoms with Gasteiger partial charge in [0.1, 0.15) is 12.1 Å². The van der Waals surface area contributed by atoms with Crippen molar-refractivity contribution in [3.63, 3.8) is 0 Å². The van der Waals surface area contributed by atoms with Crippen LogP contribution in [0.15, 0.2) is 55.1 Å². The number of fused-ring (bicyclic) bond motifs is 1. The maximum atomic E-state index is 5.49. The van der Waals surface area contributed by atoms with Gasteiger partial charge in [-0.3, -0.25) is 0 Å². The van der Waals surface area contributed by atoms with Crippen LogP contribution in [-0.4, -0.2) is 60.3 Å². The van der Waals surface area contributed by atoms with Crippen molar-refractivity contribution in [2.24, 2.45) is 0 Å². The molecule has 1 fully saturated rings. The first-order chi connectivity index (χ1) is 17.2. The summed E-state index contributed by atoms with van der Waals surface area (Å²) in [5, 5.41) is 0.939. The lowest BCUT2D eigenvalue weighted by Gasteiger charge is -2.35. The number of hydrogen-bond acceptors (Lipinski definition) is 8. The smallest absolute Gasteiger partial charge is 0.225 e. The Hall–Kier alpha value is -4.38. The molecule has 0 bridgehead atoms. The number of hydrogen-bond donors (Lipinski definition) is 0. The lowest BCUT2D eigenvalue weighted by Crippen LogP contribution is -2.47. The molecule has 3 heterocycles. The average molecular weight is 499 g/mol. The SMILES string of the molecule is C.C.C#Cc1ccc(Cc2cnc(N3CCN(c4ncnc5cc(OC)c(OC)cc45)CC3)nc2)cc1. The first-order valence-corrected chi connectivity index (χ1v) is 11.4. The van der Waals surface area contributed by atoms with Gasteiger partial charge in [0.25, 0.3) is 0 Å². The second kappa shape index (κ2) is 12.0. The largest absolute Gasteiger partial charge is 0.493 e. The van der Waals surface area contributed by atoms with Crippen molar-refractivity contribution < 1.29 is 9.47 Å². The van der Waals surface area contributed by atoms with Crippen molar-refractivity contribution in [2.75, 3.05) is 50.2 Å². The third-order valence-corrected chi connectivity index (χ3v) is 6.20. The minimum atomic E-state index is 0. The van der Waals surface area contributed by atoms with Crippen LogP contribution in [0.1, 0.15) is 31.5 Å². The van der Waals surface area contributed by atoms with Crippen molar-refractivity contribution in [3.8, 4) is 23.8 Å². The molecular weight excluding hydrogens is 464 g/mol. The summed E-state index contributed by atoms with van der Waals surface area (Å²) in [6.07, 6.45) is 11.6. The summed E-state index contributed by atoms with van der Waals surface area (Å²) in [5.41, 5.74) is 3.95. The van der Waals surface area contributed by atoms with E-state index in [0.717, 1.165) is 66.4 Å². The number of rotatable bonds is 6. The van der Waals surface area contributed by atoms with Crippen molar-refractivity contribution in [3.05, 3.63) is 71.8 Å². The highest BCUT2D eigenvalue weighted by atomic mass is 16.5. The predicted octanol–water partition coefficient (Wildman–Crippen LogP) is 4.61. The molecule has 37 heavy (non-hydrogen) atoms. The maximum absolute atomic E-state index is 5.49. The number of piperazine rings is 1. The predicted molar refractivity (Wildman–Crippen MR) is 150 cm³/mol. The molecule has 5 rings (SSSR count). The number of benzene rings is 2. The summed E-state index contributed by atoms with van der Waals surface area (Å²) in [5.74, 6) is 5.59. The van der Waals surface area contributed by atoms with E-state index in [1.54, 1.807) is 20.5 Å². The van der Waals surface area contributed by atoms with Gasteiger partial charge in [-0.2, -0.15) is 0 Å². The highest BCUT2D eigenvalue weighted by Crippen LogP contribution is 2.35. The second-order valence-corrected chi connectivity index (χ2v) is 8.31. The van der Waals surface area contributed by atoms with Crippen LogP contribution in [0.5, 0.6) is 11.5 Å². The van der Waals surface area contributed by atoms with Crippen LogP contribution < -0.4 is 19.3 Å². The van der Waals surface area contributed by atoms with Gasteiger partial charge in [0.05, 0.1) is 19.7 Å². The Kier molecular flexibility index (Phi) is 8.86. The molecular formula is C29H34N6O2. The van der Waals surface area contributed by atoms with E-state index in [2.05, 4.69) is 35.7 Å². The van der Waals surface area contributed by atoms with E-state index < -0.39 is 0 Å². The molecule has 1 aliphatic rings. The van der Waals surface area contributed by atoms with Crippen LogP contribution in [-0.2, 0) is 6.42 Å². The van der Waals surface area contributed by atoms with Gasteiger partial charge in [-0.1, -0.05) is 32.9 Å².